The molecule has 2 aromatic carbocycles. The molecule has 1 N–H and O–H groups in total. The Morgan fingerprint density at radius 2 is 1.92 bits per heavy atom. The first-order valence-corrected chi connectivity index (χ1v) is 7.48. The fourth-order valence-corrected chi connectivity index (χ4v) is 3.04. The van der Waals surface area contributed by atoms with Crippen LogP contribution in [0.2, 0.25) is 0 Å². The first-order valence-electron chi connectivity index (χ1n) is 7.48. The molecule has 8 heteroatoms. The van der Waals surface area contributed by atoms with Crippen molar-refractivity contribution in [2.24, 2.45) is 0 Å². The van der Waals surface area contributed by atoms with Gasteiger partial charge in [0.1, 0.15) is 29.0 Å². The minimum atomic E-state index is -0.772. The average molecular weight is 347 g/mol. The molecular formula is C17H12F3N3O2. The third kappa shape index (κ3) is 2.41. The predicted octanol–water partition coefficient (Wildman–Crippen LogP) is 3.32. The minimum Gasteiger partial charge on any atom is -0.497 e. The van der Waals surface area contributed by atoms with Crippen LogP contribution in [0.4, 0.5) is 18.0 Å². The number of hydrogen-bond donors (Lipinski definition) is 1. The zero-order chi connectivity index (χ0) is 17.7. The molecule has 3 aromatic rings. The summed E-state index contributed by atoms with van der Waals surface area (Å²) >= 11 is 0. The molecule has 1 amide bonds. The summed E-state index contributed by atoms with van der Waals surface area (Å²) in [5, 5.41) is 2.64. The summed E-state index contributed by atoms with van der Waals surface area (Å²) in [6.07, 6.45) is -0.126. The van der Waals surface area contributed by atoms with Gasteiger partial charge in [0.15, 0.2) is 0 Å². The van der Waals surface area contributed by atoms with Gasteiger partial charge in [-0.05, 0) is 12.1 Å². The lowest BCUT2D eigenvalue weighted by Gasteiger charge is -2.12. The molecule has 0 saturated heterocycles. The number of halogens is 3. The predicted molar refractivity (Wildman–Crippen MR) is 83.0 cm³/mol. The molecule has 0 fully saturated rings. The maximum absolute atomic E-state index is 14.2. The molecule has 0 spiro atoms. The minimum absolute atomic E-state index is 0.0666. The van der Waals surface area contributed by atoms with E-state index >= 15 is 0 Å². The first-order chi connectivity index (χ1) is 12.0. The number of nitrogens with zero attached hydrogens (tertiary/aromatic N) is 2. The number of carbonyl (C=O) groups is 1. The van der Waals surface area contributed by atoms with Crippen molar-refractivity contribution < 1.29 is 22.7 Å². The van der Waals surface area contributed by atoms with Crippen molar-refractivity contribution in [1.82, 2.24) is 14.9 Å². The molecule has 25 heavy (non-hydrogen) atoms. The quantitative estimate of drug-likeness (QED) is 0.791. The van der Waals surface area contributed by atoms with E-state index in [2.05, 4.69) is 10.3 Å². The van der Waals surface area contributed by atoms with Crippen molar-refractivity contribution in [1.29, 1.82) is 0 Å². The maximum Gasteiger partial charge on any atom is 0.328 e. The largest absolute Gasteiger partial charge is 0.497 e. The van der Waals surface area contributed by atoms with E-state index in [1.165, 1.54) is 29.9 Å². The van der Waals surface area contributed by atoms with Gasteiger partial charge in [-0.15, -0.1) is 0 Å². The molecule has 0 saturated carbocycles. The topological polar surface area (TPSA) is 56.1 Å². The Kier molecular flexibility index (Phi) is 3.41. The fraction of sp³-hybridized carbons (Fsp3) is 0.176. The number of benzene rings is 2. The third-order valence-electron chi connectivity index (χ3n) is 4.21. The number of imidazole rings is 1. The highest BCUT2D eigenvalue weighted by atomic mass is 19.1. The zero-order valence-electron chi connectivity index (χ0n) is 13.0. The van der Waals surface area contributed by atoms with Crippen LogP contribution in [0.25, 0.3) is 11.0 Å². The number of ether oxygens (including phenoxy) is 1. The van der Waals surface area contributed by atoms with Gasteiger partial charge in [-0.1, -0.05) is 0 Å². The number of methoxy groups -OCH3 is 1. The molecule has 5 nitrogen and oxygen atoms in total. The summed E-state index contributed by atoms with van der Waals surface area (Å²) in [7, 11) is 1.31. The number of aromatic nitrogens is 2. The van der Waals surface area contributed by atoms with Crippen molar-refractivity contribution in [3.8, 4) is 5.75 Å². The van der Waals surface area contributed by atoms with E-state index in [0.717, 1.165) is 12.1 Å². The molecule has 1 atom stereocenters. The van der Waals surface area contributed by atoms with Gasteiger partial charge in [0.25, 0.3) is 0 Å². The number of fused-ring (bicyclic) bond motifs is 3. The number of amides is 1. The van der Waals surface area contributed by atoms with Crippen LogP contribution in [0.15, 0.2) is 30.3 Å². The molecule has 2 heterocycles. The fourth-order valence-electron chi connectivity index (χ4n) is 3.04. The van der Waals surface area contributed by atoms with Gasteiger partial charge in [-0.3, -0.25) is 0 Å². The van der Waals surface area contributed by atoms with E-state index in [1.54, 1.807) is 0 Å². The Labute approximate surface area is 140 Å². The Balaban J connectivity index is 1.75. The highest BCUT2D eigenvalue weighted by molar-refractivity contribution is 5.92. The van der Waals surface area contributed by atoms with Crippen molar-refractivity contribution in [3.63, 3.8) is 0 Å². The highest BCUT2D eigenvalue weighted by Gasteiger charge is 2.33. The molecule has 4 rings (SSSR count). The number of carbonyl (C=O) groups excluding carboxylic acids is 1. The Hall–Kier alpha value is -3.03. The van der Waals surface area contributed by atoms with Crippen molar-refractivity contribution in [3.05, 3.63) is 59.2 Å². The van der Waals surface area contributed by atoms with Crippen LogP contribution < -0.4 is 10.1 Å². The first kappa shape index (κ1) is 15.5. The average Bonchev–Trinajstić information content (AvgIpc) is 3.08. The van der Waals surface area contributed by atoms with Crippen molar-refractivity contribution in [2.75, 3.05) is 7.11 Å². The van der Waals surface area contributed by atoms with Crippen LogP contribution in [0, 0.1) is 17.5 Å². The van der Waals surface area contributed by atoms with E-state index in [-0.39, 0.29) is 17.7 Å². The van der Waals surface area contributed by atoms with Crippen LogP contribution in [-0.4, -0.2) is 22.7 Å². The number of nitrogens with one attached hydrogen (secondary N) is 1. The monoisotopic (exact) mass is 347 g/mol. The van der Waals surface area contributed by atoms with E-state index in [0.29, 0.717) is 16.9 Å². The Bertz CT molecular complexity index is 993. The smallest absolute Gasteiger partial charge is 0.328 e. The van der Waals surface area contributed by atoms with Crippen molar-refractivity contribution in [2.45, 2.75) is 12.5 Å². The van der Waals surface area contributed by atoms with Gasteiger partial charge >= 0.3 is 6.03 Å². The van der Waals surface area contributed by atoms with Crippen molar-refractivity contribution >= 4 is 17.1 Å². The molecule has 0 bridgehead atoms. The molecule has 0 radical (unpaired) electrons. The second-order valence-electron chi connectivity index (χ2n) is 5.71. The second kappa shape index (κ2) is 5.51. The van der Waals surface area contributed by atoms with Crippen LogP contribution in [-0.2, 0) is 6.42 Å². The molecular weight excluding hydrogens is 335 g/mol. The normalized spacial score (nSPS) is 16.2. The van der Waals surface area contributed by atoms with Gasteiger partial charge in [0.05, 0.1) is 24.2 Å². The van der Waals surface area contributed by atoms with Gasteiger partial charge in [-0.2, -0.15) is 0 Å². The molecule has 0 aliphatic carbocycles. The molecule has 1 aromatic heterocycles. The van der Waals surface area contributed by atoms with Gasteiger partial charge in [0.2, 0.25) is 0 Å². The molecule has 1 aliphatic rings. The standard InChI is InChI=1S/C17H12F3N3O2/c1-25-9-5-11(19)10(12(20)6-9)7-14-16-21-13-4-8(18)2-3-15(13)23(16)17(24)22-14/h2-6,14H,7H2,1H3,(H,22,24). The summed E-state index contributed by atoms with van der Waals surface area (Å²) in [5.74, 6) is -1.66. The summed E-state index contributed by atoms with van der Waals surface area (Å²) in [5.41, 5.74) is 0.565. The van der Waals surface area contributed by atoms with Gasteiger partial charge in [-0.25, -0.2) is 27.5 Å². The SMILES string of the molecule is COc1cc(F)c(CC2NC(=O)n3c2nc2cc(F)ccc23)c(F)c1. The lowest BCUT2D eigenvalue weighted by molar-refractivity contribution is 0.245. The molecule has 1 unspecified atom stereocenters. The molecule has 1 aliphatic heterocycles. The summed E-state index contributed by atoms with van der Waals surface area (Å²) in [4.78, 5) is 16.5. The Morgan fingerprint density at radius 3 is 2.60 bits per heavy atom. The number of rotatable bonds is 3. The summed E-state index contributed by atoms with van der Waals surface area (Å²) < 4.78 is 47.8. The Morgan fingerprint density at radius 1 is 1.20 bits per heavy atom. The second-order valence-corrected chi connectivity index (χ2v) is 5.71. The third-order valence-corrected chi connectivity index (χ3v) is 4.21. The van der Waals surface area contributed by atoms with Crippen LogP contribution in [0.5, 0.6) is 5.75 Å². The lowest BCUT2D eigenvalue weighted by Crippen LogP contribution is -2.23. The van der Waals surface area contributed by atoms with Crippen LogP contribution in [0.3, 0.4) is 0 Å². The molecule has 128 valence electrons. The van der Waals surface area contributed by atoms with E-state index in [4.69, 9.17) is 4.74 Å². The van der Waals surface area contributed by atoms with Crippen LogP contribution >= 0.6 is 0 Å². The van der Waals surface area contributed by atoms with E-state index in [1.807, 2.05) is 0 Å². The highest BCUT2D eigenvalue weighted by Crippen LogP contribution is 2.31. The summed E-state index contributed by atoms with van der Waals surface area (Å²) in [6, 6.07) is 4.84. The van der Waals surface area contributed by atoms with Crippen LogP contribution in [0.1, 0.15) is 17.4 Å². The summed E-state index contributed by atoms with van der Waals surface area (Å²) in [6.45, 7) is 0. The van der Waals surface area contributed by atoms with Gasteiger partial charge in [0, 0.05) is 30.2 Å². The lowest BCUT2D eigenvalue weighted by atomic mass is 10.0. The van der Waals surface area contributed by atoms with Gasteiger partial charge < -0.3 is 10.1 Å². The van der Waals surface area contributed by atoms with E-state index < -0.39 is 29.5 Å². The number of hydrogen-bond acceptors (Lipinski definition) is 3. The maximum atomic E-state index is 14.2. The zero-order valence-corrected chi connectivity index (χ0v) is 13.0. The van der Waals surface area contributed by atoms with E-state index in [9.17, 15) is 18.0 Å².